The molecule has 0 amide bonds. The Hall–Kier alpha value is -2.72. The highest BCUT2D eigenvalue weighted by Crippen LogP contribution is 2.31. The van der Waals surface area contributed by atoms with E-state index in [1.807, 2.05) is 19.1 Å². The average Bonchev–Trinajstić information content (AvgIpc) is 2.74. The van der Waals surface area contributed by atoms with Gasteiger partial charge in [-0.15, -0.1) is 0 Å². The molecule has 7 nitrogen and oxygen atoms in total. The van der Waals surface area contributed by atoms with Gasteiger partial charge in [-0.25, -0.2) is 15.0 Å². The summed E-state index contributed by atoms with van der Waals surface area (Å²) in [5.74, 6) is 2.90. The minimum Gasteiger partial charge on any atom is -0.378 e. The fourth-order valence-electron chi connectivity index (χ4n) is 3.89. The number of hydrogen-bond acceptors (Lipinski definition) is 7. The number of nitrogens with zero attached hydrogens (tertiary/aromatic N) is 6. The molecule has 1 atom stereocenters. The zero-order chi connectivity index (χ0) is 18.6. The lowest BCUT2D eigenvalue weighted by molar-refractivity contribution is 0.122. The molecule has 0 aromatic carbocycles. The summed E-state index contributed by atoms with van der Waals surface area (Å²) in [6, 6.07) is 8.04. The third kappa shape index (κ3) is 3.86. The lowest BCUT2D eigenvalue weighted by atomic mass is 9.94. The maximum Gasteiger partial charge on any atom is 0.146 e. The standard InChI is InChI=1S/C20H24N6O/c1-15-23-18(12-19(24-15)25-8-10-27-11-9-25)17-5-3-7-26(14-17)20-16(13-21)4-2-6-22-20/h2,4,6,12,17H,3,5,7-11,14H2,1H3. The minimum absolute atomic E-state index is 0.314. The summed E-state index contributed by atoms with van der Waals surface area (Å²) in [7, 11) is 0. The van der Waals surface area contributed by atoms with E-state index in [4.69, 9.17) is 9.72 Å². The molecule has 4 heterocycles. The van der Waals surface area contributed by atoms with Gasteiger partial charge in [-0.3, -0.25) is 0 Å². The molecule has 0 saturated carbocycles. The molecule has 7 heteroatoms. The van der Waals surface area contributed by atoms with Gasteiger partial charge < -0.3 is 14.5 Å². The number of piperidine rings is 1. The van der Waals surface area contributed by atoms with Crippen LogP contribution in [0.2, 0.25) is 0 Å². The van der Waals surface area contributed by atoms with E-state index in [0.29, 0.717) is 11.5 Å². The molecular weight excluding hydrogens is 340 g/mol. The van der Waals surface area contributed by atoms with Crippen LogP contribution < -0.4 is 9.80 Å². The van der Waals surface area contributed by atoms with Gasteiger partial charge in [-0.1, -0.05) is 0 Å². The van der Waals surface area contributed by atoms with Crippen molar-refractivity contribution in [3.63, 3.8) is 0 Å². The molecule has 1 unspecified atom stereocenters. The molecule has 2 aromatic heterocycles. The Morgan fingerprint density at radius 2 is 2.04 bits per heavy atom. The van der Waals surface area contributed by atoms with E-state index in [2.05, 4.69) is 31.9 Å². The first-order chi connectivity index (χ1) is 13.2. The number of anilines is 2. The fourth-order valence-corrected chi connectivity index (χ4v) is 3.89. The van der Waals surface area contributed by atoms with E-state index in [9.17, 15) is 5.26 Å². The summed E-state index contributed by atoms with van der Waals surface area (Å²) in [6.45, 7) is 6.92. The van der Waals surface area contributed by atoms with Crippen molar-refractivity contribution >= 4 is 11.6 Å². The first-order valence-corrected chi connectivity index (χ1v) is 9.53. The molecule has 2 aromatic rings. The number of aromatic nitrogens is 3. The van der Waals surface area contributed by atoms with Crippen molar-refractivity contribution in [3.8, 4) is 6.07 Å². The maximum atomic E-state index is 9.40. The van der Waals surface area contributed by atoms with Gasteiger partial charge in [0.25, 0.3) is 0 Å². The molecule has 2 aliphatic rings. The molecule has 2 fully saturated rings. The fraction of sp³-hybridized carbons (Fsp3) is 0.500. The Morgan fingerprint density at radius 1 is 1.19 bits per heavy atom. The van der Waals surface area contributed by atoms with Gasteiger partial charge in [0.2, 0.25) is 0 Å². The number of ether oxygens (including phenoxy) is 1. The first-order valence-electron chi connectivity index (χ1n) is 9.53. The van der Waals surface area contributed by atoms with Crippen LogP contribution in [0.3, 0.4) is 0 Å². The molecule has 0 aliphatic carbocycles. The minimum atomic E-state index is 0.314. The number of aryl methyl sites for hydroxylation is 1. The number of rotatable bonds is 3. The average molecular weight is 364 g/mol. The zero-order valence-corrected chi connectivity index (χ0v) is 15.6. The van der Waals surface area contributed by atoms with Crippen molar-refractivity contribution in [2.75, 3.05) is 49.2 Å². The summed E-state index contributed by atoms with van der Waals surface area (Å²) in [4.78, 5) is 18.3. The highest BCUT2D eigenvalue weighted by atomic mass is 16.5. The molecule has 2 aliphatic heterocycles. The van der Waals surface area contributed by atoms with Crippen LogP contribution in [-0.4, -0.2) is 54.3 Å². The van der Waals surface area contributed by atoms with Gasteiger partial charge >= 0.3 is 0 Å². The second kappa shape index (κ2) is 7.89. The molecule has 0 spiro atoms. The molecule has 0 radical (unpaired) electrons. The second-order valence-corrected chi connectivity index (χ2v) is 7.07. The van der Waals surface area contributed by atoms with Crippen LogP contribution in [0.15, 0.2) is 24.4 Å². The van der Waals surface area contributed by atoms with Gasteiger partial charge in [0.15, 0.2) is 0 Å². The molecule has 0 bridgehead atoms. The van der Waals surface area contributed by atoms with Gasteiger partial charge in [0.05, 0.1) is 24.5 Å². The van der Waals surface area contributed by atoms with Crippen molar-refractivity contribution in [1.29, 1.82) is 5.26 Å². The van der Waals surface area contributed by atoms with E-state index in [0.717, 1.165) is 75.4 Å². The number of pyridine rings is 1. The molecule has 2 saturated heterocycles. The Labute approximate surface area is 159 Å². The van der Waals surface area contributed by atoms with Gasteiger partial charge in [-0.05, 0) is 31.9 Å². The Kier molecular flexibility index (Phi) is 5.16. The predicted octanol–water partition coefficient (Wildman–Crippen LogP) is 2.27. The van der Waals surface area contributed by atoms with Gasteiger partial charge in [-0.2, -0.15) is 5.26 Å². The van der Waals surface area contributed by atoms with E-state index in [1.165, 1.54) is 0 Å². The molecule has 4 rings (SSSR count). The normalized spacial score (nSPS) is 20.4. The summed E-state index contributed by atoms with van der Waals surface area (Å²) in [6.07, 6.45) is 3.90. The van der Waals surface area contributed by atoms with E-state index < -0.39 is 0 Å². The first kappa shape index (κ1) is 17.7. The quantitative estimate of drug-likeness (QED) is 0.827. The monoisotopic (exact) mass is 364 g/mol. The van der Waals surface area contributed by atoms with Crippen LogP contribution in [-0.2, 0) is 4.74 Å². The number of nitriles is 1. The largest absolute Gasteiger partial charge is 0.378 e. The summed E-state index contributed by atoms with van der Waals surface area (Å²) in [5, 5.41) is 9.40. The van der Waals surface area contributed by atoms with E-state index >= 15 is 0 Å². The SMILES string of the molecule is Cc1nc(C2CCCN(c3ncccc3C#N)C2)cc(N2CCOCC2)n1. The predicted molar refractivity (Wildman–Crippen MR) is 103 cm³/mol. The van der Waals surface area contributed by atoms with Crippen LogP contribution >= 0.6 is 0 Å². The summed E-state index contributed by atoms with van der Waals surface area (Å²) < 4.78 is 5.46. The Balaban J connectivity index is 1.58. The van der Waals surface area contributed by atoms with Crippen LogP contribution in [0.5, 0.6) is 0 Å². The lowest BCUT2D eigenvalue weighted by Crippen LogP contribution is -2.38. The van der Waals surface area contributed by atoms with Crippen LogP contribution in [0.1, 0.15) is 35.8 Å². The van der Waals surface area contributed by atoms with Crippen LogP contribution in [0.25, 0.3) is 0 Å². The van der Waals surface area contributed by atoms with Crippen LogP contribution in [0.4, 0.5) is 11.6 Å². The van der Waals surface area contributed by atoms with Crippen molar-refractivity contribution in [1.82, 2.24) is 15.0 Å². The van der Waals surface area contributed by atoms with E-state index in [-0.39, 0.29) is 0 Å². The topological polar surface area (TPSA) is 78.2 Å². The van der Waals surface area contributed by atoms with Crippen LogP contribution in [0, 0.1) is 18.3 Å². The van der Waals surface area contributed by atoms with E-state index in [1.54, 1.807) is 6.20 Å². The van der Waals surface area contributed by atoms with Gasteiger partial charge in [0.1, 0.15) is 23.5 Å². The number of morpholine rings is 1. The maximum absolute atomic E-state index is 9.40. The molecule has 140 valence electrons. The number of hydrogen-bond donors (Lipinski definition) is 0. The third-order valence-electron chi connectivity index (χ3n) is 5.23. The molecule has 0 N–H and O–H groups in total. The van der Waals surface area contributed by atoms with Gasteiger partial charge in [0, 0.05) is 44.4 Å². The van der Waals surface area contributed by atoms with Crippen molar-refractivity contribution in [3.05, 3.63) is 41.5 Å². The smallest absolute Gasteiger partial charge is 0.146 e. The Morgan fingerprint density at radius 3 is 2.85 bits per heavy atom. The van der Waals surface area contributed by atoms with Crippen molar-refractivity contribution < 1.29 is 4.74 Å². The van der Waals surface area contributed by atoms with Crippen molar-refractivity contribution in [2.45, 2.75) is 25.7 Å². The zero-order valence-electron chi connectivity index (χ0n) is 15.6. The van der Waals surface area contributed by atoms with Crippen molar-refractivity contribution in [2.24, 2.45) is 0 Å². The summed E-state index contributed by atoms with van der Waals surface area (Å²) in [5.41, 5.74) is 1.72. The highest BCUT2D eigenvalue weighted by molar-refractivity contribution is 5.54. The third-order valence-corrected chi connectivity index (χ3v) is 5.23. The summed E-state index contributed by atoms with van der Waals surface area (Å²) >= 11 is 0. The lowest BCUT2D eigenvalue weighted by Gasteiger charge is -2.34. The molecule has 27 heavy (non-hydrogen) atoms. The molecular formula is C20H24N6O. The Bertz CT molecular complexity index is 843. The second-order valence-electron chi connectivity index (χ2n) is 7.07. The highest BCUT2D eigenvalue weighted by Gasteiger charge is 2.26.